The van der Waals surface area contributed by atoms with Gasteiger partial charge >= 0.3 is 5.97 Å². The molecule has 3 aliphatic carbocycles. The Hall–Kier alpha value is -1.91. The van der Waals surface area contributed by atoms with Crippen LogP contribution in [0.4, 0.5) is 0 Å². The zero-order valence-corrected chi connectivity index (χ0v) is 16.0. The molecule has 0 aromatic carbocycles. The van der Waals surface area contributed by atoms with Gasteiger partial charge in [-0.3, -0.25) is 14.4 Å². The van der Waals surface area contributed by atoms with E-state index in [0.717, 1.165) is 5.57 Å². The first kappa shape index (κ1) is 17.5. The summed E-state index contributed by atoms with van der Waals surface area (Å²) in [6.45, 7) is 7.93. The summed E-state index contributed by atoms with van der Waals surface area (Å²) in [5.74, 6) is -0.524. The minimum atomic E-state index is -0.846. The molecule has 1 heterocycles. The Morgan fingerprint density at radius 1 is 1.23 bits per heavy atom. The average Bonchev–Trinajstić information content (AvgIpc) is 2.56. The summed E-state index contributed by atoms with van der Waals surface area (Å²) in [5, 5.41) is 0. The van der Waals surface area contributed by atoms with Crippen molar-refractivity contribution in [2.75, 3.05) is 7.11 Å². The summed E-state index contributed by atoms with van der Waals surface area (Å²) in [7, 11) is 1.51. The smallest absolute Gasteiger partial charge is 0.306 e. The van der Waals surface area contributed by atoms with Crippen molar-refractivity contribution >= 4 is 17.5 Å². The zero-order valence-electron chi connectivity index (χ0n) is 16.0. The van der Waals surface area contributed by atoms with Gasteiger partial charge < -0.3 is 9.47 Å². The Morgan fingerprint density at radius 3 is 2.58 bits per heavy atom. The number of Topliss-reactive ketones (excluding diaryl/α,β-unsaturated/α-hetero) is 1. The second-order valence-corrected chi connectivity index (χ2v) is 8.87. The van der Waals surface area contributed by atoms with Crippen molar-refractivity contribution in [3.8, 4) is 0 Å². The molecule has 26 heavy (non-hydrogen) atoms. The van der Waals surface area contributed by atoms with Crippen LogP contribution in [-0.2, 0) is 23.9 Å². The number of methoxy groups -OCH3 is 1. The molecule has 5 heteroatoms. The Bertz CT molecular complexity index is 777. The number of esters is 1. The molecule has 140 valence electrons. The van der Waals surface area contributed by atoms with Crippen LogP contribution in [0.3, 0.4) is 0 Å². The lowest BCUT2D eigenvalue weighted by atomic mass is 9.40. The predicted molar refractivity (Wildman–Crippen MR) is 93.8 cm³/mol. The SMILES string of the molecule is COC1=C[C@@H](C)[C@H]2C[C@H]3OC(=O)C[C@H]4C(C)=CC(=O)[C@@H]([C@@]2(C)C1=O)[C@@]34C. The normalized spacial score (nSPS) is 47.3. The summed E-state index contributed by atoms with van der Waals surface area (Å²) in [6.07, 6.45) is 4.05. The van der Waals surface area contributed by atoms with Crippen molar-refractivity contribution in [3.63, 3.8) is 0 Å². The monoisotopic (exact) mass is 358 g/mol. The van der Waals surface area contributed by atoms with Crippen LogP contribution in [0, 0.1) is 34.5 Å². The number of hydrogen-bond acceptors (Lipinski definition) is 5. The van der Waals surface area contributed by atoms with Crippen molar-refractivity contribution in [3.05, 3.63) is 23.5 Å². The van der Waals surface area contributed by atoms with E-state index in [1.165, 1.54) is 7.11 Å². The van der Waals surface area contributed by atoms with Gasteiger partial charge in [-0.05, 0) is 37.3 Å². The van der Waals surface area contributed by atoms with Gasteiger partial charge in [0.15, 0.2) is 11.5 Å². The van der Waals surface area contributed by atoms with Gasteiger partial charge in [0.25, 0.3) is 0 Å². The number of carbonyl (C=O) groups excluding carboxylic acids is 3. The molecule has 0 radical (unpaired) electrons. The van der Waals surface area contributed by atoms with Gasteiger partial charge in [0, 0.05) is 22.7 Å². The summed E-state index contributed by atoms with van der Waals surface area (Å²) in [6, 6.07) is 0. The highest BCUT2D eigenvalue weighted by atomic mass is 16.5. The van der Waals surface area contributed by atoms with Crippen LogP contribution in [0.1, 0.15) is 40.5 Å². The molecule has 1 saturated carbocycles. The van der Waals surface area contributed by atoms with Gasteiger partial charge in [0.2, 0.25) is 5.78 Å². The molecule has 1 aliphatic heterocycles. The molecule has 4 aliphatic rings. The van der Waals surface area contributed by atoms with E-state index in [4.69, 9.17) is 9.47 Å². The molecule has 0 bridgehead atoms. The van der Waals surface area contributed by atoms with E-state index < -0.39 is 16.7 Å². The maximum absolute atomic E-state index is 13.4. The van der Waals surface area contributed by atoms with Crippen molar-refractivity contribution < 1.29 is 23.9 Å². The fourth-order valence-corrected chi connectivity index (χ4v) is 6.55. The fourth-order valence-electron chi connectivity index (χ4n) is 6.55. The van der Waals surface area contributed by atoms with Crippen molar-refractivity contribution in [2.45, 2.75) is 46.6 Å². The molecule has 5 nitrogen and oxygen atoms in total. The topological polar surface area (TPSA) is 69.7 Å². The van der Waals surface area contributed by atoms with Gasteiger partial charge in [-0.25, -0.2) is 0 Å². The van der Waals surface area contributed by atoms with Crippen molar-refractivity contribution in [1.29, 1.82) is 0 Å². The van der Waals surface area contributed by atoms with Crippen LogP contribution >= 0.6 is 0 Å². The maximum Gasteiger partial charge on any atom is 0.306 e. The third-order valence-electron chi connectivity index (χ3n) is 7.74. The molecule has 0 aromatic rings. The molecule has 0 amide bonds. The van der Waals surface area contributed by atoms with E-state index in [-0.39, 0.29) is 47.8 Å². The maximum atomic E-state index is 13.4. The van der Waals surface area contributed by atoms with E-state index in [9.17, 15) is 14.4 Å². The Morgan fingerprint density at radius 2 is 1.92 bits per heavy atom. The van der Waals surface area contributed by atoms with Gasteiger partial charge in [0.1, 0.15) is 6.10 Å². The third-order valence-corrected chi connectivity index (χ3v) is 7.74. The second kappa shape index (κ2) is 5.30. The lowest BCUT2D eigenvalue weighted by Gasteiger charge is -2.63. The molecule has 1 saturated heterocycles. The van der Waals surface area contributed by atoms with Crippen LogP contribution in [0.25, 0.3) is 0 Å². The van der Waals surface area contributed by atoms with Crippen molar-refractivity contribution in [2.24, 2.45) is 34.5 Å². The van der Waals surface area contributed by atoms with E-state index in [0.29, 0.717) is 12.2 Å². The Balaban J connectivity index is 1.95. The molecule has 0 unspecified atom stereocenters. The fraction of sp³-hybridized carbons (Fsp3) is 0.667. The molecular weight excluding hydrogens is 332 g/mol. The van der Waals surface area contributed by atoms with E-state index in [2.05, 4.69) is 0 Å². The standard InChI is InChI=1S/C21H26O5/c1-10-6-14(22)18-20(3)13(10)9-17(23)26-16(20)8-12-11(2)7-15(25-5)19(24)21(12,18)4/h6-7,11-13,16,18H,8-9H2,1-5H3/t11-,12-,13+,16-,18-,20-,21+/m1/s1. The number of hydrogen-bond donors (Lipinski definition) is 0. The van der Waals surface area contributed by atoms with E-state index in [1.807, 2.05) is 33.8 Å². The highest BCUT2D eigenvalue weighted by molar-refractivity contribution is 6.06. The van der Waals surface area contributed by atoms with Crippen LogP contribution in [0.15, 0.2) is 23.5 Å². The summed E-state index contributed by atoms with van der Waals surface area (Å²) >= 11 is 0. The minimum Gasteiger partial charge on any atom is -0.493 e. The van der Waals surface area contributed by atoms with Gasteiger partial charge in [-0.15, -0.1) is 0 Å². The average molecular weight is 358 g/mol. The van der Waals surface area contributed by atoms with Crippen LogP contribution in [-0.4, -0.2) is 30.7 Å². The number of ketones is 2. The molecule has 7 atom stereocenters. The highest BCUT2D eigenvalue weighted by Crippen LogP contribution is 2.66. The first-order chi connectivity index (χ1) is 12.1. The Kier molecular flexibility index (Phi) is 3.57. The van der Waals surface area contributed by atoms with Crippen LogP contribution < -0.4 is 0 Å². The first-order valence-electron chi connectivity index (χ1n) is 9.37. The highest BCUT2D eigenvalue weighted by Gasteiger charge is 2.70. The number of ether oxygens (including phenoxy) is 2. The molecular formula is C21H26O5. The summed E-state index contributed by atoms with van der Waals surface area (Å²) in [4.78, 5) is 38.9. The summed E-state index contributed by atoms with van der Waals surface area (Å²) < 4.78 is 11.1. The van der Waals surface area contributed by atoms with Crippen LogP contribution in [0.2, 0.25) is 0 Å². The van der Waals surface area contributed by atoms with Crippen molar-refractivity contribution in [1.82, 2.24) is 0 Å². The predicted octanol–water partition coefficient (Wildman–Crippen LogP) is 2.84. The first-order valence-corrected chi connectivity index (χ1v) is 9.37. The summed E-state index contributed by atoms with van der Waals surface area (Å²) in [5.41, 5.74) is -0.474. The molecule has 0 N–H and O–H groups in total. The Labute approximate surface area is 153 Å². The number of allylic oxidation sites excluding steroid dienone is 4. The minimum absolute atomic E-state index is 0.0192. The number of fused-ring (bicyclic) bond motifs is 2. The molecule has 0 aromatic heterocycles. The zero-order chi connectivity index (χ0) is 19.0. The molecule has 4 rings (SSSR count). The van der Waals surface area contributed by atoms with Gasteiger partial charge in [0.05, 0.1) is 13.5 Å². The lowest BCUT2D eigenvalue weighted by Crippen LogP contribution is -2.68. The second-order valence-electron chi connectivity index (χ2n) is 8.87. The van der Waals surface area contributed by atoms with Gasteiger partial charge in [-0.1, -0.05) is 26.3 Å². The molecule has 2 fully saturated rings. The quantitative estimate of drug-likeness (QED) is 0.674. The van der Waals surface area contributed by atoms with E-state index in [1.54, 1.807) is 6.08 Å². The van der Waals surface area contributed by atoms with Crippen LogP contribution in [0.5, 0.6) is 0 Å². The number of rotatable bonds is 1. The molecule has 0 spiro atoms. The largest absolute Gasteiger partial charge is 0.493 e. The van der Waals surface area contributed by atoms with E-state index >= 15 is 0 Å². The van der Waals surface area contributed by atoms with Gasteiger partial charge in [-0.2, -0.15) is 0 Å². The number of carbonyl (C=O) groups is 3. The third kappa shape index (κ3) is 1.89. The lowest BCUT2D eigenvalue weighted by molar-refractivity contribution is -0.215.